The SMILES string of the molecule is CN(C)C[C@H]1Cc2cc(Cl)ccc2N(C(=O)[C@@H](Cc2c[nH]c3ccccc23)NC(=O)N2CCC(O)(c3ccc(Cl)cc3)CC2)C1. The van der Waals surface area contributed by atoms with E-state index in [4.69, 9.17) is 23.2 Å². The van der Waals surface area contributed by atoms with Gasteiger partial charge in [-0.3, -0.25) is 4.79 Å². The quantitative estimate of drug-likeness (QED) is 0.235. The third-order valence-electron chi connectivity index (χ3n) is 9.13. The number of nitrogens with zero attached hydrogens (tertiary/aromatic N) is 3. The zero-order valence-corrected chi connectivity index (χ0v) is 27.1. The fourth-order valence-corrected chi connectivity index (χ4v) is 7.16. The number of para-hydroxylation sites is 1. The molecular weight excluding hydrogens is 609 g/mol. The Labute approximate surface area is 273 Å². The summed E-state index contributed by atoms with van der Waals surface area (Å²) in [7, 11) is 4.07. The summed E-state index contributed by atoms with van der Waals surface area (Å²) >= 11 is 12.4. The Morgan fingerprint density at radius 3 is 2.49 bits per heavy atom. The molecule has 0 spiro atoms. The van der Waals surface area contributed by atoms with Crippen LogP contribution < -0.4 is 10.2 Å². The third kappa shape index (κ3) is 6.84. The highest BCUT2D eigenvalue weighted by Crippen LogP contribution is 2.35. The van der Waals surface area contributed by atoms with Crippen LogP contribution in [0.4, 0.5) is 10.5 Å². The van der Waals surface area contributed by atoms with Crippen molar-refractivity contribution in [3.05, 3.63) is 99.7 Å². The second kappa shape index (κ2) is 13.0. The van der Waals surface area contributed by atoms with E-state index in [0.29, 0.717) is 48.9 Å². The Hall–Kier alpha value is -3.56. The number of hydrogen-bond acceptors (Lipinski definition) is 4. The number of carbonyl (C=O) groups is 2. The number of benzene rings is 3. The molecule has 0 unspecified atom stereocenters. The first kappa shape index (κ1) is 31.4. The highest BCUT2D eigenvalue weighted by molar-refractivity contribution is 6.31. The Balaban J connectivity index is 1.25. The van der Waals surface area contributed by atoms with Crippen molar-refractivity contribution in [2.75, 3.05) is 45.2 Å². The molecule has 1 fully saturated rings. The summed E-state index contributed by atoms with van der Waals surface area (Å²) in [5.41, 5.74) is 3.55. The second-order valence-electron chi connectivity index (χ2n) is 12.6. The van der Waals surface area contributed by atoms with Gasteiger partial charge in [0.2, 0.25) is 5.91 Å². The number of urea groups is 1. The summed E-state index contributed by atoms with van der Waals surface area (Å²) in [5.74, 6) is 0.0577. The summed E-state index contributed by atoms with van der Waals surface area (Å²) < 4.78 is 0. The van der Waals surface area contributed by atoms with Gasteiger partial charge in [-0.05, 0) is 92.4 Å². The van der Waals surface area contributed by atoms with Crippen LogP contribution in [-0.2, 0) is 23.2 Å². The predicted molar refractivity (Wildman–Crippen MR) is 180 cm³/mol. The lowest BCUT2D eigenvalue weighted by molar-refractivity contribution is -0.120. The van der Waals surface area contributed by atoms with Crippen LogP contribution in [-0.4, -0.2) is 78.1 Å². The number of piperidine rings is 1. The summed E-state index contributed by atoms with van der Waals surface area (Å²) in [6.45, 7) is 2.08. The predicted octanol–water partition coefficient (Wildman–Crippen LogP) is 5.85. The van der Waals surface area contributed by atoms with Gasteiger partial charge in [-0.25, -0.2) is 4.79 Å². The van der Waals surface area contributed by atoms with Crippen LogP contribution in [0.5, 0.6) is 0 Å². The molecule has 2 aliphatic rings. The minimum atomic E-state index is -1.04. The Kier molecular flexibility index (Phi) is 9.11. The van der Waals surface area contributed by atoms with Crippen LogP contribution >= 0.6 is 23.2 Å². The molecule has 3 amide bonds. The molecule has 3 heterocycles. The molecule has 1 aromatic heterocycles. The maximum atomic E-state index is 14.6. The molecular formula is C35H39Cl2N5O3. The van der Waals surface area contributed by atoms with Crippen LogP contribution in [0.3, 0.4) is 0 Å². The van der Waals surface area contributed by atoms with Crippen LogP contribution in [0.25, 0.3) is 10.9 Å². The van der Waals surface area contributed by atoms with Crippen molar-refractivity contribution in [3.63, 3.8) is 0 Å². The number of halogens is 2. The largest absolute Gasteiger partial charge is 0.385 e. The third-order valence-corrected chi connectivity index (χ3v) is 9.61. The molecule has 0 saturated carbocycles. The normalized spacial score (nSPS) is 18.6. The average molecular weight is 649 g/mol. The monoisotopic (exact) mass is 647 g/mol. The average Bonchev–Trinajstić information content (AvgIpc) is 3.42. The van der Waals surface area contributed by atoms with E-state index in [1.807, 2.05) is 79.8 Å². The van der Waals surface area contributed by atoms with E-state index < -0.39 is 11.6 Å². The molecule has 8 nitrogen and oxygen atoms in total. The van der Waals surface area contributed by atoms with Crippen molar-refractivity contribution in [1.29, 1.82) is 0 Å². The van der Waals surface area contributed by atoms with E-state index in [9.17, 15) is 14.7 Å². The molecule has 0 radical (unpaired) electrons. The number of aromatic nitrogens is 1. The van der Waals surface area contributed by atoms with Crippen LogP contribution in [0.15, 0.2) is 72.9 Å². The summed E-state index contributed by atoms with van der Waals surface area (Å²) in [6.07, 6.45) is 3.84. The van der Waals surface area contributed by atoms with Crippen LogP contribution in [0.2, 0.25) is 10.0 Å². The van der Waals surface area contributed by atoms with Gasteiger partial charge in [-0.15, -0.1) is 0 Å². The molecule has 236 valence electrons. The summed E-state index contributed by atoms with van der Waals surface area (Å²) in [4.78, 5) is 37.3. The number of hydrogen-bond donors (Lipinski definition) is 3. The number of likely N-dealkylation sites (tertiary alicyclic amines) is 1. The number of rotatable bonds is 7. The van der Waals surface area contributed by atoms with Crippen LogP contribution in [0, 0.1) is 5.92 Å². The van der Waals surface area contributed by atoms with Gasteiger partial charge < -0.3 is 30.1 Å². The molecule has 1 saturated heterocycles. The Morgan fingerprint density at radius 2 is 1.76 bits per heavy atom. The minimum Gasteiger partial charge on any atom is -0.385 e. The Bertz CT molecular complexity index is 1680. The van der Waals surface area contributed by atoms with Crippen LogP contribution in [0.1, 0.15) is 29.5 Å². The summed E-state index contributed by atoms with van der Waals surface area (Å²) in [6, 6.07) is 19.7. The smallest absolute Gasteiger partial charge is 0.318 e. The number of aliphatic hydroxyl groups is 1. The van der Waals surface area contributed by atoms with E-state index in [1.54, 1.807) is 17.0 Å². The molecule has 0 bridgehead atoms. The van der Waals surface area contributed by atoms with Gasteiger partial charge in [0.15, 0.2) is 0 Å². The maximum absolute atomic E-state index is 14.6. The van der Waals surface area contributed by atoms with Crippen molar-refractivity contribution in [1.82, 2.24) is 20.1 Å². The van der Waals surface area contributed by atoms with E-state index in [-0.39, 0.29) is 17.9 Å². The minimum absolute atomic E-state index is 0.157. The summed E-state index contributed by atoms with van der Waals surface area (Å²) in [5, 5.41) is 16.7. The molecule has 45 heavy (non-hydrogen) atoms. The molecule has 0 aliphatic carbocycles. The first-order valence-corrected chi connectivity index (χ1v) is 16.2. The van der Waals surface area contributed by atoms with Gasteiger partial charge in [0.25, 0.3) is 0 Å². The lowest BCUT2D eigenvalue weighted by Gasteiger charge is -2.40. The molecule has 3 N–H and O–H groups in total. The first-order chi connectivity index (χ1) is 21.6. The molecule has 3 aromatic carbocycles. The number of amides is 3. The highest BCUT2D eigenvalue weighted by Gasteiger charge is 2.38. The fourth-order valence-electron chi connectivity index (χ4n) is 6.84. The van der Waals surface area contributed by atoms with Crippen molar-refractivity contribution in [3.8, 4) is 0 Å². The standard InChI is InChI=1S/C35H39Cl2N5O3/c1-40(2)21-23-17-24-18-28(37)11-12-32(24)42(22-23)33(43)31(19-25-20-38-30-6-4-3-5-29(25)30)39-34(44)41-15-13-35(45,14-16-41)26-7-9-27(36)10-8-26/h3-12,18,20,23,31,38,45H,13-17,19,21-22H2,1-2H3,(H,39,44)/t23-,31-/m1/s1. The lowest BCUT2D eigenvalue weighted by atomic mass is 9.84. The van der Waals surface area contributed by atoms with Crippen molar-refractivity contribution in [2.24, 2.45) is 5.92 Å². The number of H-pyrrole nitrogens is 1. The van der Waals surface area contributed by atoms with E-state index in [2.05, 4.69) is 15.2 Å². The number of nitrogens with one attached hydrogen (secondary N) is 2. The fraction of sp³-hybridized carbons (Fsp3) is 0.371. The Morgan fingerprint density at radius 1 is 1.04 bits per heavy atom. The van der Waals surface area contributed by atoms with Gasteiger partial charge in [0.1, 0.15) is 6.04 Å². The molecule has 6 rings (SSSR count). The topological polar surface area (TPSA) is 91.9 Å². The number of fused-ring (bicyclic) bond motifs is 2. The highest BCUT2D eigenvalue weighted by atomic mass is 35.5. The van der Waals surface area contributed by atoms with Gasteiger partial charge in [0, 0.05) is 65.4 Å². The second-order valence-corrected chi connectivity index (χ2v) is 13.5. The van der Waals surface area contributed by atoms with Gasteiger partial charge in [-0.1, -0.05) is 53.5 Å². The zero-order chi connectivity index (χ0) is 31.7. The lowest BCUT2D eigenvalue weighted by Crippen LogP contribution is -2.57. The molecule has 2 atom stereocenters. The van der Waals surface area contributed by atoms with Gasteiger partial charge in [-0.2, -0.15) is 0 Å². The number of aromatic amines is 1. The van der Waals surface area contributed by atoms with Crippen molar-refractivity contribution >= 4 is 51.7 Å². The molecule has 10 heteroatoms. The van der Waals surface area contributed by atoms with E-state index >= 15 is 0 Å². The van der Waals surface area contributed by atoms with Gasteiger partial charge >= 0.3 is 6.03 Å². The zero-order valence-electron chi connectivity index (χ0n) is 25.6. The van der Waals surface area contributed by atoms with Crippen molar-refractivity contribution in [2.45, 2.75) is 37.3 Å². The first-order valence-electron chi connectivity index (χ1n) is 15.4. The van der Waals surface area contributed by atoms with Gasteiger partial charge in [0.05, 0.1) is 5.60 Å². The van der Waals surface area contributed by atoms with E-state index in [0.717, 1.165) is 46.2 Å². The molecule has 2 aliphatic heterocycles. The number of anilines is 1. The maximum Gasteiger partial charge on any atom is 0.318 e. The van der Waals surface area contributed by atoms with E-state index in [1.165, 1.54) is 0 Å². The molecule has 4 aromatic rings. The number of carbonyl (C=O) groups excluding carboxylic acids is 2. The van der Waals surface area contributed by atoms with Crippen molar-refractivity contribution < 1.29 is 14.7 Å².